The molecular weight excluding hydrogens is 264 g/mol. The molecule has 1 fully saturated rings. The minimum atomic E-state index is -1.50. The van der Waals surface area contributed by atoms with Crippen LogP contribution in [0, 0.1) is 0 Å². The zero-order valence-corrected chi connectivity index (χ0v) is 10.2. The molecule has 20 heavy (non-hydrogen) atoms. The summed E-state index contributed by atoms with van der Waals surface area (Å²) in [4.78, 5) is 35.0. The fourth-order valence-corrected chi connectivity index (χ4v) is 2.28. The molecule has 7 nitrogen and oxygen atoms in total. The van der Waals surface area contributed by atoms with E-state index in [-0.39, 0.29) is 29.5 Å². The van der Waals surface area contributed by atoms with Gasteiger partial charge in [-0.1, -0.05) is 18.2 Å². The van der Waals surface area contributed by atoms with Crippen LogP contribution in [0.2, 0.25) is 0 Å². The summed E-state index contributed by atoms with van der Waals surface area (Å²) in [6.45, 7) is 0.186. The number of carboxylic acids is 1. The van der Waals surface area contributed by atoms with Crippen LogP contribution in [0.25, 0.3) is 10.8 Å². The molecule has 1 aliphatic rings. The smallest absolute Gasteiger partial charge is 0.331 e. The highest BCUT2D eigenvalue weighted by molar-refractivity contribution is 6.00. The zero-order valence-electron chi connectivity index (χ0n) is 10.2. The summed E-state index contributed by atoms with van der Waals surface area (Å²) in [7, 11) is 0. The largest absolute Gasteiger partial charge is 0.543 e. The molecule has 0 saturated carbocycles. The van der Waals surface area contributed by atoms with Crippen molar-refractivity contribution in [3.63, 3.8) is 0 Å². The van der Waals surface area contributed by atoms with E-state index in [0.29, 0.717) is 0 Å². The van der Waals surface area contributed by atoms with Gasteiger partial charge >= 0.3 is 5.97 Å². The van der Waals surface area contributed by atoms with Gasteiger partial charge in [0.15, 0.2) is 6.04 Å². The topological polar surface area (TPSA) is 101 Å². The van der Waals surface area contributed by atoms with Crippen LogP contribution in [-0.4, -0.2) is 28.3 Å². The summed E-state index contributed by atoms with van der Waals surface area (Å²) in [5.41, 5.74) is -0.880. The predicted octanol–water partition coefficient (Wildman–Crippen LogP) is -0.752. The molecule has 1 aliphatic heterocycles. The van der Waals surface area contributed by atoms with E-state index in [0.717, 1.165) is 4.68 Å². The molecule has 0 radical (unpaired) electrons. The second-order valence-electron chi connectivity index (χ2n) is 4.40. The van der Waals surface area contributed by atoms with Gasteiger partial charge in [-0.15, -0.1) is 0 Å². The fourth-order valence-electron chi connectivity index (χ4n) is 2.28. The van der Waals surface area contributed by atoms with Gasteiger partial charge in [-0.3, -0.25) is 4.79 Å². The first-order valence-corrected chi connectivity index (χ1v) is 5.99. The molecule has 0 bridgehead atoms. The number of ether oxygens (including phenoxy) is 1. The van der Waals surface area contributed by atoms with E-state index in [9.17, 15) is 19.5 Å². The summed E-state index contributed by atoms with van der Waals surface area (Å²) in [6.07, 6.45) is 0.288. The van der Waals surface area contributed by atoms with Crippen molar-refractivity contribution in [1.82, 2.24) is 9.78 Å². The minimum Gasteiger partial charge on any atom is -0.543 e. The van der Waals surface area contributed by atoms with Crippen molar-refractivity contribution >= 4 is 22.7 Å². The van der Waals surface area contributed by atoms with Crippen molar-refractivity contribution in [3.8, 4) is 0 Å². The second kappa shape index (κ2) is 4.44. The summed E-state index contributed by atoms with van der Waals surface area (Å²) in [5, 5.41) is 15.3. The fraction of sp³-hybridized carbons (Fsp3) is 0.231. The highest BCUT2D eigenvalue weighted by atomic mass is 16.5. The van der Waals surface area contributed by atoms with Gasteiger partial charge < -0.3 is 14.6 Å². The highest BCUT2D eigenvalue weighted by Crippen LogP contribution is 2.20. The number of carbonyl (C=O) groups excluding carboxylic acids is 2. The van der Waals surface area contributed by atoms with Crippen LogP contribution >= 0.6 is 0 Å². The second-order valence-corrected chi connectivity index (χ2v) is 4.40. The molecule has 0 unspecified atom stereocenters. The number of cyclic esters (lactones) is 1. The number of carboxylic acid groups (broad SMARTS) is 1. The standard InChI is InChI=1S/C13H10N2O5/c16-11-8-4-2-1-3-7(8)10(12(17)18)14-15(11)9-5-6-20-13(9)19/h1-4,9H,5-6H2,(H,17,18)/p-1/t9-/m1/s1. The van der Waals surface area contributed by atoms with E-state index in [2.05, 4.69) is 5.10 Å². The SMILES string of the molecule is O=C([O-])c1nn([C@@H]2CCOC2=O)c(=O)c2ccccc12. The van der Waals surface area contributed by atoms with E-state index in [1.165, 1.54) is 12.1 Å². The van der Waals surface area contributed by atoms with E-state index in [1.807, 2.05) is 0 Å². The van der Waals surface area contributed by atoms with Crippen LogP contribution < -0.4 is 10.7 Å². The number of esters is 1. The lowest BCUT2D eigenvalue weighted by Gasteiger charge is -2.13. The maximum atomic E-state index is 12.3. The highest BCUT2D eigenvalue weighted by Gasteiger charge is 2.31. The Kier molecular flexibility index (Phi) is 2.74. The molecular formula is C13H9N2O5-. The molecule has 1 aromatic heterocycles. The van der Waals surface area contributed by atoms with E-state index >= 15 is 0 Å². The van der Waals surface area contributed by atoms with Crippen molar-refractivity contribution in [3.05, 3.63) is 40.3 Å². The minimum absolute atomic E-state index is 0.182. The van der Waals surface area contributed by atoms with Gasteiger partial charge in [0, 0.05) is 11.8 Å². The molecule has 2 heterocycles. The average molecular weight is 273 g/mol. The first-order valence-electron chi connectivity index (χ1n) is 5.99. The molecule has 2 aromatic rings. The summed E-state index contributed by atoms with van der Waals surface area (Å²) in [5.74, 6) is -2.08. The number of nitrogens with zero attached hydrogens (tertiary/aromatic N) is 2. The number of benzene rings is 1. The Morgan fingerprint density at radius 2 is 2.00 bits per heavy atom. The number of hydrogen-bond donors (Lipinski definition) is 0. The Labute approximate surface area is 112 Å². The first-order chi connectivity index (χ1) is 9.59. The van der Waals surface area contributed by atoms with Crippen molar-refractivity contribution in [2.24, 2.45) is 0 Å². The Bertz CT molecular complexity index is 780. The van der Waals surface area contributed by atoms with Gasteiger partial charge in [-0.05, 0) is 6.07 Å². The molecule has 1 saturated heterocycles. The Hall–Kier alpha value is -2.70. The molecule has 0 aliphatic carbocycles. The van der Waals surface area contributed by atoms with E-state index in [1.54, 1.807) is 12.1 Å². The van der Waals surface area contributed by atoms with Crippen LogP contribution in [0.4, 0.5) is 0 Å². The van der Waals surface area contributed by atoms with Crippen molar-refractivity contribution in [2.75, 3.05) is 6.61 Å². The number of carbonyl (C=O) groups is 2. The zero-order chi connectivity index (χ0) is 14.3. The van der Waals surface area contributed by atoms with Crippen LogP contribution in [0.3, 0.4) is 0 Å². The van der Waals surface area contributed by atoms with Crippen molar-refractivity contribution < 1.29 is 19.4 Å². The van der Waals surface area contributed by atoms with E-state index < -0.39 is 23.5 Å². The third-order valence-corrected chi connectivity index (χ3v) is 3.22. The Morgan fingerprint density at radius 1 is 1.30 bits per heavy atom. The van der Waals surface area contributed by atoms with Crippen LogP contribution in [0.5, 0.6) is 0 Å². The number of fused-ring (bicyclic) bond motifs is 1. The maximum absolute atomic E-state index is 12.3. The quantitative estimate of drug-likeness (QED) is 0.667. The van der Waals surface area contributed by atoms with E-state index in [4.69, 9.17) is 4.74 Å². The van der Waals surface area contributed by atoms with Crippen LogP contribution in [0.1, 0.15) is 23.0 Å². The molecule has 0 N–H and O–H groups in total. The van der Waals surface area contributed by atoms with Gasteiger partial charge in [-0.25, -0.2) is 9.48 Å². The maximum Gasteiger partial charge on any atom is 0.331 e. The lowest BCUT2D eigenvalue weighted by Crippen LogP contribution is -2.34. The number of aromatic carboxylic acids is 1. The number of hydrogen-bond acceptors (Lipinski definition) is 6. The van der Waals surface area contributed by atoms with Crippen LogP contribution in [-0.2, 0) is 9.53 Å². The van der Waals surface area contributed by atoms with Gasteiger partial charge in [0.05, 0.1) is 18.0 Å². The van der Waals surface area contributed by atoms with Crippen LogP contribution in [0.15, 0.2) is 29.1 Å². The number of rotatable bonds is 2. The van der Waals surface area contributed by atoms with Gasteiger partial charge in [0.25, 0.3) is 5.56 Å². The van der Waals surface area contributed by atoms with Gasteiger partial charge in [0.1, 0.15) is 5.69 Å². The van der Waals surface area contributed by atoms with Gasteiger partial charge in [-0.2, -0.15) is 5.10 Å². The van der Waals surface area contributed by atoms with Crippen molar-refractivity contribution in [1.29, 1.82) is 0 Å². The molecule has 0 spiro atoms. The molecule has 3 rings (SSSR count). The average Bonchev–Trinajstić information content (AvgIpc) is 2.85. The normalized spacial score (nSPS) is 18.2. The first kappa shape index (κ1) is 12.3. The summed E-state index contributed by atoms with van der Waals surface area (Å²) < 4.78 is 5.66. The van der Waals surface area contributed by atoms with Gasteiger partial charge in [0.2, 0.25) is 0 Å². The molecule has 0 amide bonds. The number of aromatic nitrogens is 2. The van der Waals surface area contributed by atoms with Crippen molar-refractivity contribution in [2.45, 2.75) is 12.5 Å². The predicted molar refractivity (Wildman–Crippen MR) is 64.9 cm³/mol. The lowest BCUT2D eigenvalue weighted by atomic mass is 10.1. The summed E-state index contributed by atoms with van der Waals surface area (Å²) >= 11 is 0. The third-order valence-electron chi connectivity index (χ3n) is 3.22. The molecule has 102 valence electrons. The lowest BCUT2D eigenvalue weighted by molar-refractivity contribution is -0.255. The Morgan fingerprint density at radius 3 is 2.60 bits per heavy atom. The third kappa shape index (κ3) is 1.75. The molecule has 1 aromatic carbocycles. The Balaban J connectivity index is 2.33. The molecule has 7 heteroatoms. The molecule has 1 atom stereocenters. The summed E-state index contributed by atoms with van der Waals surface area (Å²) in [6, 6.07) is 5.30. The monoisotopic (exact) mass is 273 g/mol.